The minimum absolute atomic E-state index is 0.0282. The van der Waals surface area contributed by atoms with Crippen LogP contribution >= 0.6 is 22.9 Å². The first-order chi connectivity index (χ1) is 12.0. The van der Waals surface area contributed by atoms with Crippen molar-refractivity contribution in [1.82, 2.24) is 10.3 Å². The molecule has 2 aromatic carbocycles. The Bertz CT molecular complexity index is 829. The average molecular weight is 375 g/mol. The van der Waals surface area contributed by atoms with E-state index in [2.05, 4.69) is 18.3 Å². The van der Waals surface area contributed by atoms with Gasteiger partial charge >= 0.3 is 0 Å². The maximum atomic E-state index is 12.2. The quantitative estimate of drug-likeness (QED) is 0.697. The molecule has 1 unspecified atom stereocenters. The maximum Gasteiger partial charge on any atom is 0.275 e. The Hall–Kier alpha value is -1.95. The third-order valence-electron chi connectivity index (χ3n) is 4.26. The van der Waals surface area contributed by atoms with Gasteiger partial charge in [0, 0.05) is 11.6 Å². The van der Waals surface area contributed by atoms with Gasteiger partial charge in [-0.25, -0.2) is 4.98 Å². The van der Waals surface area contributed by atoms with Gasteiger partial charge < -0.3 is 10.2 Å². The molecule has 0 aliphatic rings. The second-order valence-corrected chi connectivity index (χ2v) is 7.67. The normalized spacial score (nSPS) is 13.6. The van der Waals surface area contributed by atoms with Crippen LogP contribution < -0.4 is 10.2 Å². The Morgan fingerprint density at radius 1 is 1.24 bits per heavy atom. The molecule has 6 heteroatoms. The van der Waals surface area contributed by atoms with Crippen molar-refractivity contribution in [2.75, 3.05) is 13.6 Å². The zero-order valence-electron chi connectivity index (χ0n) is 14.3. The second-order valence-electron chi connectivity index (χ2n) is 6.17. The number of aromatic nitrogens is 1. The first-order valence-electron chi connectivity index (χ1n) is 8.22. The van der Waals surface area contributed by atoms with Gasteiger partial charge in [-0.15, -0.1) is 11.3 Å². The fourth-order valence-corrected chi connectivity index (χ4v) is 3.80. The molecule has 3 aromatic rings. The van der Waals surface area contributed by atoms with Gasteiger partial charge in [0.25, 0.3) is 5.91 Å². The molecular formula is C19H21ClN3OS+. The van der Waals surface area contributed by atoms with Crippen molar-refractivity contribution >= 4 is 39.1 Å². The molecule has 0 saturated heterocycles. The molecule has 0 saturated carbocycles. The number of quaternary nitrogens is 1. The highest BCUT2D eigenvalue weighted by Gasteiger charge is 2.21. The van der Waals surface area contributed by atoms with Gasteiger partial charge in [0.1, 0.15) is 6.04 Å². The lowest BCUT2D eigenvalue weighted by atomic mass is 10.2. The highest BCUT2D eigenvalue weighted by atomic mass is 35.5. The number of carbonyl (C=O) groups excluding carboxylic acids is 1. The Labute approximate surface area is 156 Å². The third-order valence-corrected chi connectivity index (χ3v) is 5.73. The molecule has 0 aliphatic heterocycles. The molecule has 0 spiro atoms. The van der Waals surface area contributed by atoms with E-state index in [9.17, 15) is 4.79 Å². The number of halogens is 1. The molecule has 1 heterocycles. The predicted molar refractivity (Wildman–Crippen MR) is 103 cm³/mol. The SMILES string of the molecule is C[C@H](c1nc2ccccc2s1)[NH+](C)CC(=O)NCc1ccc(Cl)cc1. The van der Waals surface area contributed by atoms with Crippen molar-refractivity contribution in [2.45, 2.75) is 19.5 Å². The van der Waals surface area contributed by atoms with Crippen LogP contribution in [0.4, 0.5) is 0 Å². The number of nitrogens with one attached hydrogen (secondary N) is 2. The van der Waals surface area contributed by atoms with E-state index in [0.717, 1.165) is 21.0 Å². The fourth-order valence-electron chi connectivity index (χ4n) is 2.56. The number of para-hydroxylation sites is 1. The van der Waals surface area contributed by atoms with Crippen LogP contribution in [0.5, 0.6) is 0 Å². The van der Waals surface area contributed by atoms with Crippen LogP contribution in [0.25, 0.3) is 10.2 Å². The first kappa shape index (κ1) is 17.9. The Morgan fingerprint density at radius 2 is 1.96 bits per heavy atom. The van der Waals surface area contributed by atoms with E-state index in [1.54, 1.807) is 11.3 Å². The van der Waals surface area contributed by atoms with Gasteiger partial charge in [0.05, 0.1) is 17.3 Å². The number of hydrogen-bond acceptors (Lipinski definition) is 3. The summed E-state index contributed by atoms with van der Waals surface area (Å²) in [6.45, 7) is 3.03. The summed E-state index contributed by atoms with van der Waals surface area (Å²) in [7, 11) is 2.03. The van der Waals surface area contributed by atoms with Crippen molar-refractivity contribution in [2.24, 2.45) is 0 Å². The minimum atomic E-state index is 0.0282. The monoisotopic (exact) mass is 374 g/mol. The molecule has 25 heavy (non-hydrogen) atoms. The number of carbonyl (C=O) groups is 1. The van der Waals surface area contributed by atoms with Gasteiger partial charge in [-0.1, -0.05) is 35.9 Å². The fraction of sp³-hybridized carbons (Fsp3) is 0.263. The van der Waals surface area contributed by atoms with E-state index >= 15 is 0 Å². The van der Waals surface area contributed by atoms with E-state index in [-0.39, 0.29) is 11.9 Å². The van der Waals surface area contributed by atoms with E-state index < -0.39 is 0 Å². The van der Waals surface area contributed by atoms with Gasteiger partial charge in [0.2, 0.25) is 0 Å². The van der Waals surface area contributed by atoms with Crippen LogP contribution in [0.15, 0.2) is 48.5 Å². The van der Waals surface area contributed by atoms with Gasteiger partial charge in [0.15, 0.2) is 11.6 Å². The van der Waals surface area contributed by atoms with E-state index in [1.165, 1.54) is 4.70 Å². The lowest BCUT2D eigenvalue weighted by Gasteiger charge is -2.19. The molecule has 130 valence electrons. The topological polar surface area (TPSA) is 46.4 Å². The molecule has 1 aromatic heterocycles. The summed E-state index contributed by atoms with van der Waals surface area (Å²) in [4.78, 5) is 18.0. The van der Waals surface area contributed by atoms with Crippen molar-refractivity contribution in [3.05, 3.63) is 64.1 Å². The van der Waals surface area contributed by atoms with Crippen molar-refractivity contribution in [3.8, 4) is 0 Å². The molecule has 0 radical (unpaired) electrons. The molecule has 2 N–H and O–H groups in total. The smallest absolute Gasteiger partial charge is 0.275 e. The molecule has 3 rings (SSSR count). The number of benzene rings is 2. The third kappa shape index (κ3) is 4.57. The molecule has 0 aliphatic carbocycles. The Kier molecular flexibility index (Phi) is 5.68. The summed E-state index contributed by atoms with van der Waals surface area (Å²) in [5.41, 5.74) is 2.06. The number of nitrogens with zero attached hydrogens (tertiary/aromatic N) is 1. The number of rotatable bonds is 6. The van der Waals surface area contributed by atoms with Crippen LogP contribution in [-0.2, 0) is 11.3 Å². The number of thiazole rings is 1. The van der Waals surface area contributed by atoms with Crippen LogP contribution in [-0.4, -0.2) is 24.5 Å². The Morgan fingerprint density at radius 3 is 2.68 bits per heavy atom. The lowest BCUT2D eigenvalue weighted by Crippen LogP contribution is -3.10. The van der Waals surface area contributed by atoms with Crippen LogP contribution in [0.3, 0.4) is 0 Å². The minimum Gasteiger partial charge on any atom is -0.347 e. The highest BCUT2D eigenvalue weighted by molar-refractivity contribution is 7.18. The van der Waals surface area contributed by atoms with E-state index in [1.807, 2.05) is 49.5 Å². The predicted octanol–water partition coefficient (Wildman–Crippen LogP) is 2.84. The highest BCUT2D eigenvalue weighted by Crippen LogP contribution is 2.24. The first-order valence-corrected chi connectivity index (χ1v) is 9.41. The van der Waals surface area contributed by atoms with Crippen LogP contribution in [0.2, 0.25) is 5.02 Å². The van der Waals surface area contributed by atoms with Gasteiger partial charge in [-0.3, -0.25) is 4.79 Å². The molecule has 4 nitrogen and oxygen atoms in total. The number of amides is 1. The molecule has 1 amide bonds. The van der Waals surface area contributed by atoms with Crippen molar-refractivity contribution in [3.63, 3.8) is 0 Å². The van der Waals surface area contributed by atoms with Crippen LogP contribution in [0, 0.1) is 0 Å². The summed E-state index contributed by atoms with van der Waals surface area (Å²) in [6.07, 6.45) is 0. The standard InChI is InChI=1S/C19H20ClN3OS/c1-13(19-22-16-5-3-4-6-17(16)25-19)23(2)12-18(24)21-11-14-7-9-15(20)10-8-14/h3-10,13H,11-12H2,1-2H3,(H,21,24)/p+1/t13-/m1/s1. The average Bonchev–Trinajstić information content (AvgIpc) is 3.04. The molecule has 2 atom stereocenters. The summed E-state index contributed by atoms with van der Waals surface area (Å²) in [6, 6.07) is 15.8. The van der Waals surface area contributed by atoms with Gasteiger partial charge in [-0.05, 0) is 36.8 Å². The molecular weight excluding hydrogens is 354 g/mol. The van der Waals surface area contributed by atoms with Gasteiger partial charge in [-0.2, -0.15) is 0 Å². The Balaban J connectivity index is 1.55. The zero-order chi connectivity index (χ0) is 17.8. The van der Waals surface area contributed by atoms with E-state index in [4.69, 9.17) is 16.6 Å². The molecule has 0 bridgehead atoms. The summed E-state index contributed by atoms with van der Waals surface area (Å²) in [5.74, 6) is 0.0282. The van der Waals surface area contributed by atoms with Crippen molar-refractivity contribution < 1.29 is 9.69 Å². The summed E-state index contributed by atoms with van der Waals surface area (Å²) in [5, 5.41) is 4.72. The van der Waals surface area contributed by atoms with E-state index in [0.29, 0.717) is 18.1 Å². The number of fused-ring (bicyclic) bond motifs is 1. The van der Waals surface area contributed by atoms with Crippen LogP contribution in [0.1, 0.15) is 23.5 Å². The van der Waals surface area contributed by atoms with Crippen molar-refractivity contribution in [1.29, 1.82) is 0 Å². The number of likely N-dealkylation sites (N-methyl/N-ethyl adjacent to an activating group) is 1. The zero-order valence-corrected chi connectivity index (χ0v) is 15.8. The maximum absolute atomic E-state index is 12.2. The number of hydrogen-bond donors (Lipinski definition) is 2. The second kappa shape index (κ2) is 7.95. The lowest BCUT2D eigenvalue weighted by molar-refractivity contribution is -0.902. The molecule has 0 fully saturated rings. The summed E-state index contributed by atoms with van der Waals surface area (Å²) < 4.78 is 1.18. The summed E-state index contributed by atoms with van der Waals surface area (Å²) >= 11 is 7.57. The largest absolute Gasteiger partial charge is 0.347 e.